The Labute approximate surface area is 135 Å². The molecule has 0 aliphatic carbocycles. The van der Waals surface area contributed by atoms with Gasteiger partial charge in [0.05, 0.1) is 6.10 Å². The first-order chi connectivity index (χ1) is 10.3. The summed E-state index contributed by atoms with van der Waals surface area (Å²) in [5, 5.41) is 2.20. The van der Waals surface area contributed by atoms with E-state index in [9.17, 15) is 0 Å². The number of hydrogen-bond acceptors (Lipinski definition) is 3. The average molecular weight is 305 g/mol. The van der Waals surface area contributed by atoms with Gasteiger partial charge in [0.15, 0.2) is 0 Å². The van der Waals surface area contributed by atoms with Gasteiger partial charge >= 0.3 is 0 Å². The third-order valence-electron chi connectivity index (χ3n) is 4.49. The molecule has 1 aliphatic heterocycles. The third-order valence-corrected chi connectivity index (χ3v) is 4.49. The summed E-state index contributed by atoms with van der Waals surface area (Å²) in [6.07, 6.45) is 2.34. The van der Waals surface area contributed by atoms with Gasteiger partial charge in [0, 0.05) is 17.7 Å². The molecule has 0 radical (unpaired) electrons. The van der Waals surface area contributed by atoms with Gasteiger partial charge in [-0.1, -0.05) is 30.3 Å². The van der Waals surface area contributed by atoms with Crippen molar-refractivity contribution in [3.8, 4) is 0 Å². The van der Waals surface area contributed by atoms with Crippen molar-refractivity contribution in [2.75, 3.05) is 6.61 Å². The first kappa shape index (κ1) is 17.5. The molecule has 1 heterocycles. The molecule has 1 unspecified atom stereocenters. The van der Waals surface area contributed by atoms with Gasteiger partial charge in [-0.2, -0.15) is 5.06 Å². The van der Waals surface area contributed by atoms with E-state index < -0.39 is 0 Å². The predicted molar refractivity (Wildman–Crippen MR) is 90.6 cm³/mol. The minimum absolute atomic E-state index is 0.0448. The van der Waals surface area contributed by atoms with Gasteiger partial charge in [-0.15, -0.1) is 0 Å². The van der Waals surface area contributed by atoms with E-state index in [1.54, 1.807) is 0 Å². The lowest BCUT2D eigenvalue weighted by atomic mass is 9.80. The summed E-state index contributed by atoms with van der Waals surface area (Å²) < 4.78 is 5.91. The van der Waals surface area contributed by atoms with Crippen molar-refractivity contribution < 1.29 is 9.57 Å². The highest BCUT2D eigenvalue weighted by molar-refractivity contribution is 5.16. The van der Waals surface area contributed by atoms with Crippen molar-refractivity contribution in [3.05, 3.63) is 35.9 Å². The van der Waals surface area contributed by atoms with Crippen LogP contribution in [0.4, 0.5) is 0 Å². The summed E-state index contributed by atoms with van der Waals surface area (Å²) >= 11 is 0. The van der Waals surface area contributed by atoms with Crippen molar-refractivity contribution in [2.45, 2.75) is 77.7 Å². The molecule has 1 aromatic carbocycles. The number of nitrogens with zero attached hydrogens (tertiary/aromatic N) is 1. The van der Waals surface area contributed by atoms with Gasteiger partial charge in [-0.3, -0.25) is 4.84 Å². The van der Waals surface area contributed by atoms with Gasteiger partial charge < -0.3 is 4.74 Å². The molecule has 1 aromatic rings. The molecule has 3 heteroatoms. The monoisotopic (exact) mass is 305 g/mol. The fraction of sp³-hybridized carbons (Fsp3) is 0.684. The van der Waals surface area contributed by atoms with Crippen LogP contribution in [0.2, 0.25) is 0 Å². The van der Waals surface area contributed by atoms with Crippen LogP contribution in [0.1, 0.15) is 66.1 Å². The zero-order valence-corrected chi connectivity index (χ0v) is 14.9. The highest BCUT2D eigenvalue weighted by atomic mass is 16.7. The van der Waals surface area contributed by atoms with Crippen LogP contribution in [-0.4, -0.2) is 28.9 Å². The Morgan fingerprint density at radius 3 is 2.14 bits per heavy atom. The van der Waals surface area contributed by atoms with E-state index >= 15 is 0 Å². The molecule has 1 fully saturated rings. The van der Waals surface area contributed by atoms with Crippen LogP contribution >= 0.6 is 0 Å². The number of rotatable bonds is 5. The predicted octanol–water partition coefficient (Wildman–Crippen LogP) is 4.74. The average Bonchev–Trinajstić information content (AvgIpc) is 2.43. The smallest absolute Gasteiger partial charge is 0.102 e. The van der Waals surface area contributed by atoms with E-state index in [-0.39, 0.29) is 17.2 Å². The van der Waals surface area contributed by atoms with Crippen LogP contribution in [0.5, 0.6) is 0 Å². The first-order valence-corrected chi connectivity index (χ1v) is 8.40. The van der Waals surface area contributed by atoms with Crippen LogP contribution in [0.15, 0.2) is 30.3 Å². The lowest BCUT2D eigenvalue weighted by Gasteiger charge is -2.54. The lowest BCUT2D eigenvalue weighted by molar-refractivity contribution is -0.315. The zero-order chi connectivity index (χ0) is 16.4. The van der Waals surface area contributed by atoms with E-state index in [0.29, 0.717) is 6.10 Å². The van der Waals surface area contributed by atoms with E-state index in [1.165, 1.54) is 5.56 Å². The molecule has 0 aromatic heterocycles. The van der Waals surface area contributed by atoms with Crippen molar-refractivity contribution in [1.82, 2.24) is 5.06 Å². The second kappa shape index (κ2) is 6.69. The highest BCUT2D eigenvalue weighted by Crippen LogP contribution is 2.41. The van der Waals surface area contributed by atoms with Gasteiger partial charge in [-0.25, -0.2) is 0 Å². The SMILES string of the molecule is CCOC1CC(C)(C)N(OC(C)c2ccccc2)C(C)(C)C1. The molecule has 0 N–H and O–H groups in total. The fourth-order valence-electron chi connectivity index (χ4n) is 3.75. The summed E-state index contributed by atoms with van der Waals surface area (Å²) in [4.78, 5) is 6.41. The van der Waals surface area contributed by atoms with Gasteiger partial charge in [-0.05, 0) is 59.9 Å². The minimum Gasteiger partial charge on any atom is -0.378 e. The second-order valence-electron chi connectivity index (χ2n) is 7.56. The van der Waals surface area contributed by atoms with Crippen molar-refractivity contribution in [1.29, 1.82) is 0 Å². The van der Waals surface area contributed by atoms with Crippen molar-refractivity contribution in [3.63, 3.8) is 0 Å². The van der Waals surface area contributed by atoms with Gasteiger partial charge in [0.2, 0.25) is 0 Å². The maximum atomic E-state index is 6.41. The molecule has 1 aliphatic rings. The molecule has 0 bridgehead atoms. The first-order valence-electron chi connectivity index (χ1n) is 8.40. The van der Waals surface area contributed by atoms with Crippen molar-refractivity contribution in [2.24, 2.45) is 0 Å². The van der Waals surface area contributed by atoms with Gasteiger partial charge in [0.25, 0.3) is 0 Å². The maximum Gasteiger partial charge on any atom is 0.102 e. The Bertz CT molecular complexity index is 452. The summed E-state index contributed by atoms with van der Waals surface area (Å²) in [6, 6.07) is 10.4. The molecular weight excluding hydrogens is 274 g/mol. The van der Waals surface area contributed by atoms with E-state index in [2.05, 4.69) is 70.9 Å². The summed E-state index contributed by atoms with van der Waals surface area (Å²) in [5.74, 6) is 0. The normalized spacial score (nSPS) is 23.4. The van der Waals surface area contributed by atoms with Crippen LogP contribution in [0.25, 0.3) is 0 Å². The standard InChI is InChI=1S/C19H31NO2/c1-7-21-17-13-18(3,4)20(19(5,6)14-17)22-15(2)16-11-9-8-10-12-16/h8-12,15,17H,7,13-14H2,1-6H3. The molecule has 1 saturated heterocycles. The largest absolute Gasteiger partial charge is 0.378 e. The summed E-state index contributed by atoms with van der Waals surface area (Å²) in [7, 11) is 0. The summed E-state index contributed by atoms with van der Waals surface area (Å²) in [6.45, 7) is 14.0. The molecule has 0 amide bonds. The lowest BCUT2D eigenvalue weighted by Crippen LogP contribution is -2.62. The van der Waals surface area contributed by atoms with E-state index in [1.807, 2.05) is 6.07 Å². The number of piperidine rings is 1. The van der Waals surface area contributed by atoms with Crippen LogP contribution in [0.3, 0.4) is 0 Å². The maximum absolute atomic E-state index is 6.41. The van der Waals surface area contributed by atoms with Crippen molar-refractivity contribution >= 4 is 0 Å². The number of hydrogen-bond donors (Lipinski definition) is 0. The van der Waals surface area contributed by atoms with Crippen LogP contribution in [0, 0.1) is 0 Å². The Morgan fingerprint density at radius 2 is 1.64 bits per heavy atom. The third kappa shape index (κ3) is 3.89. The number of ether oxygens (including phenoxy) is 1. The van der Waals surface area contributed by atoms with Crippen LogP contribution in [-0.2, 0) is 9.57 Å². The van der Waals surface area contributed by atoms with Gasteiger partial charge in [0.1, 0.15) is 6.10 Å². The van der Waals surface area contributed by atoms with E-state index in [4.69, 9.17) is 9.57 Å². The Balaban J connectivity index is 2.15. The number of hydroxylamine groups is 2. The Morgan fingerprint density at radius 1 is 1.09 bits per heavy atom. The zero-order valence-electron chi connectivity index (χ0n) is 14.9. The second-order valence-corrected chi connectivity index (χ2v) is 7.56. The molecule has 2 rings (SSSR count). The minimum atomic E-state index is -0.0510. The molecule has 0 saturated carbocycles. The quantitative estimate of drug-likeness (QED) is 0.784. The summed E-state index contributed by atoms with van der Waals surface area (Å²) in [5.41, 5.74) is 1.11. The Hall–Kier alpha value is -0.900. The fourth-order valence-corrected chi connectivity index (χ4v) is 3.75. The number of benzene rings is 1. The molecule has 1 atom stereocenters. The van der Waals surface area contributed by atoms with Crippen LogP contribution < -0.4 is 0 Å². The Kier molecular flexibility index (Phi) is 5.31. The molecular formula is C19H31NO2. The topological polar surface area (TPSA) is 21.7 Å². The molecule has 3 nitrogen and oxygen atoms in total. The molecule has 0 spiro atoms. The van der Waals surface area contributed by atoms with E-state index in [0.717, 1.165) is 19.4 Å². The molecule has 124 valence electrons. The highest BCUT2D eigenvalue weighted by Gasteiger charge is 2.47. The molecule has 22 heavy (non-hydrogen) atoms.